The second-order valence-corrected chi connectivity index (χ2v) is 6.24. The molecule has 4 nitrogen and oxygen atoms in total. The number of hydrogen-bond donors (Lipinski definition) is 0. The number of nitrogens with zero attached hydrogens (tertiary/aromatic N) is 2. The minimum absolute atomic E-state index is 0.0459. The van der Waals surface area contributed by atoms with E-state index < -0.39 is 9.84 Å². The van der Waals surface area contributed by atoms with Gasteiger partial charge in [0.05, 0.1) is 17.2 Å². The number of fused-ring (bicyclic) bond motifs is 1. The largest absolute Gasteiger partial charge is 0.228 e. The first-order valence-corrected chi connectivity index (χ1v) is 6.82. The quantitative estimate of drug-likeness (QED) is 0.664. The van der Waals surface area contributed by atoms with Crippen molar-refractivity contribution in [1.82, 2.24) is 9.97 Å². The molecule has 0 spiro atoms. The molecule has 0 bridgehead atoms. The van der Waals surface area contributed by atoms with Crippen LogP contribution in [-0.4, -0.2) is 24.1 Å². The maximum Gasteiger partial charge on any atom is 0.197 e. The maximum atomic E-state index is 11.4. The monoisotopic (exact) mass is 276 g/mol. The van der Waals surface area contributed by atoms with Gasteiger partial charge in [-0.25, -0.2) is 18.4 Å². The van der Waals surface area contributed by atoms with Crippen LogP contribution >= 0.6 is 15.9 Å². The van der Waals surface area contributed by atoms with Crippen molar-refractivity contribution in [2.24, 2.45) is 0 Å². The number of sulfone groups is 1. The van der Waals surface area contributed by atoms with E-state index in [2.05, 4.69) is 25.9 Å². The van der Waals surface area contributed by atoms with Gasteiger partial charge in [0.2, 0.25) is 0 Å². The van der Waals surface area contributed by atoms with Crippen molar-refractivity contribution in [3.63, 3.8) is 0 Å². The highest BCUT2D eigenvalue weighted by Gasteiger charge is 2.24. The number of hydrogen-bond acceptors (Lipinski definition) is 4. The molecule has 0 fully saturated rings. The Labute approximate surface area is 90.8 Å². The first-order chi connectivity index (χ1) is 6.48. The molecule has 0 saturated heterocycles. The highest BCUT2D eigenvalue weighted by Crippen LogP contribution is 2.22. The van der Waals surface area contributed by atoms with Crippen molar-refractivity contribution in [3.05, 3.63) is 21.7 Å². The lowest BCUT2D eigenvalue weighted by atomic mass is 10.1. The predicted molar refractivity (Wildman–Crippen MR) is 55.7 cm³/mol. The van der Waals surface area contributed by atoms with Gasteiger partial charge in [-0.05, 0) is 34.8 Å². The molecule has 2 heterocycles. The number of aryl methyl sites for hydroxylation is 1. The van der Waals surface area contributed by atoms with E-state index in [0.29, 0.717) is 16.8 Å². The summed E-state index contributed by atoms with van der Waals surface area (Å²) in [4.78, 5) is 8.24. The molecule has 0 amide bonds. The predicted octanol–water partition coefficient (Wildman–Crippen LogP) is 1.02. The number of aromatic nitrogens is 2. The Kier molecular flexibility index (Phi) is 2.35. The molecular weight excluding hydrogens is 268 g/mol. The highest BCUT2D eigenvalue weighted by molar-refractivity contribution is 9.10. The van der Waals surface area contributed by atoms with Crippen molar-refractivity contribution in [3.8, 4) is 0 Å². The van der Waals surface area contributed by atoms with Crippen LogP contribution in [0.5, 0.6) is 0 Å². The van der Waals surface area contributed by atoms with Gasteiger partial charge in [0.1, 0.15) is 0 Å². The standard InChI is InChI=1S/C8H9BrN2O2S/c1-5-6-2-3-14(12,13)4-7(6)11-8(9)10-5/h2-4H2,1H3. The van der Waals surface area contributed by atoms with E-state index in [1.54, 1.807) is 0 Å². The molecule has 1 aromatic heterocycles. The summed E-state index contributed by atoms with van der Waals surface area (Å²) in [6.07, 6.45) is 0.538. The van der Waals surface area contributed by atoms with Crippen LogP contribution < -0.4 is 0 Å². The van der Waals surface area contributed by atoms with Crippen molar-refractivity contribution >= 4 is 25.8 Å². The van der Waals surface area contributed by atoms with Crippen molar-refractivity contribution < 1.29 is 8.42 Å². The molecule has 0 unspecified atom stereocenters. The average Bonchev–Trinajstić information content (AvgIpc) is 2.00. The van der Waals surface area contributed by atoms with E-state index in [9.17, 15) is 8.42 Å². The van der Waals surface area contributed by atoms with E-state index in [4.69, 9.17) is 0 Å². The molecule has 0 N–H and O–H groups in total. The summed E-state index contributed by atoms with van der Waals surface area (Å²) in [6.45, 7) is 1.88. The molecule has 0 radical (unpaired) electrons. The minimum atomic E-state index is -2.94. The highest BCUT2D eigenvalue weighted by atomic mass is 79.9. The summed E-state index contributed by atoms with van der Waals surface area (Å²) in [7, 11) is -2.94. The topological polar surface area (TPSA) is 59.9 Å². The second kappa shape index (κ2) is 3.27. The summed E-state index contributed by atoms with van der Waals surface area (Å²) in [6, 6.07) is 0. The zero-order valence-electron chi connectivity index (χ0n) is 7.62. The van der Waals surface area contributed by atoms with Crippen molar-refractivity contribution in [2.75, 3.05) is 5.75 Å². The summed E-state index contributed by atoms with van der Waals surface area (Å²) >= 11 is 3.16. The lowest BCUT2D eigenvalue weighted by Crippen LogP contribution is -2.21. The molecule has 1 aliphatic rings. The summed E-state index contributed by atoms with van der Waals surface area (Å²) in [5.74, 6) is 0.260. The number of rotatable bonds is 0. The molecule has 6 heteroatoms. The Morgan fingerprint density at radius 1 is 1.36 bits per heavy atom. The molecule has 1 aliphatic heterocycles. The van der Waals surface area contributed by atoms with Crippen LogP contribution in [0.25, 0.3) is 0 Å². The normalized spacial score (nSPS) is 19.0. The molecule has 0 aromatic carbocycles. The average molecular weight is 277 g/mol. The smallest absolute Gasteiger partial charge is 0.197 e. The van der Waals surface area contributed by atoms with E-state index >= 15 is 0 Å². The van der Waals surface area contributed by atoms with E-state index in [1.165, 1.54) is 0 Å². The van der Waals surface area contributed by atoms with E-state index in [0.717, 1.165) is 11.3 Å². The Balaban J connectivity index is 2.58. The summed E-state index contributed by atoms with van der Waals surface area (Å²) < 4.78 is 23.2. The molecular formula is C8H9BrN2O2S. The fourth-order valence-corrected chi connectivity index (χ4v) is 3.40. The Morgan fingerprint density at radius 2 is 2.07 bits per heavy atom. The molecule has 0 saturated carbocycles. The zero-order valence-corrected chi connectivity index (χ0v) is 10.0. The van der Waals surface area contributed by atoms with Gasteiger partial charge in [0.25, 0.3) is 0 Å². The Hall–Kier alpha value is -0.490. The molecule has 1 aromatic rings. The third-order valence-corrected chi connectivity index (χ3v) is 4.19. The maximum absolute atomic E-state index is 11.4. The van der Waals surface area contributed by atoms with Crippen LogP contribution in [-0.2, 0) is 22.0 Å². The van der Waals surface area contributed by atoms with E-state index in [1.807, 2.05) is 6.92 Å². The lowest BCUT2D eigenvalue weighted by Gasteiger charge is -2.16. The van der Waals surface area contributed by atoms with Crippen LogP contribution in [0.4, 0.5) is 0 Å². The summed E-state index contributed by atoms with van der Waals surface area (Å²) in [5.41, 5.74) is 2.51. The van der Waals surface area contributed by atoms with Gasteiger partial charge in [0.15, 0.2) is 14.6 Å². The Bertz CT molecular complexity index is 484. The second-order valence-electron chi connectivity index (χ2n) is 3.35. The van der Waals surface area contributed by atoms with Crippen LogP contribution in [0, 0.1) is 6.92 Å². The third-order valence-electron chi connectivity index (χ3n) is 2.29. The van der Waals surface area contributed by atoms with Crippen LogP contribution in [0.3, 0.4) is 0 Å². The van der Waals surface area contributed by atoms with Gasteiger partial charge >= 0.3 is 0 Å². The SMILES string of the molecule is Cc1nc(Br)nc2c1CCS(=O)(=O)C2. The molecule has 0 aliphatic carbocycles. The zero-order chi connectivity index (χ0) is 10.3. The Morgan fingerprint density at radius 3 is 2.79 bits per heavy atom. The first kappa shape index (κ1) is 10.0. The van der Waals surface area contributed by atoms with Crippen LogP contribution in [0.2, 0.25) is 0 Å². The van der Waals surface area contributed by atoms with Crippen molar-refractivity contribution in [1.29, 1.82) is 0 Å². The first-order valence-electron chi connectivity index (χ1n) is 4.20. The fraction of sp³-hybridized carbons (Fsp3) is 0.500. The van der Waals surface area contributed by atoms with Gasteiger partial charge in [-0.2, -0.15) is 0 Å². The van der Waals surface area contributed by atoms with Crippen LogP contribution in [0.15, 0.2) is 4.73 Å². The fourth-order valence-electron chi connectivity index (χ4n) is 1.60. The number of halogens is 1. The van der Waals surface area contributed by atoms with Crippen LogP contribution in [0.1, 0.15) is 17.0 Å². The van der Waals surface area contributed by atoms with E-state index in [-0.39, 0.29) is 11.5 Å². The van der Waals surface area contributed by atoms with Gasteiger partial charge in [-0.15, -0.1) is 0 Å². The van der Waals surface area contributed by atoms with Gasteiger partial charge in [-0.3, -0.25) is 0 Å². The van der Waals surface area contributed by atoms with Gasteiger partial charge in [0, 0.05) is 5.69 Å². The lowest BCUT2D eigenvalue weighted by molar-refractivity contribution is 0.589. The molecule has 76 valence electrons. The molecule has 14 heavy (non-hydrogen) atoms. The molecule has 0 atom stereocenters. The van der Waals surface area contributed by atoms with Crippen molar-refractivity contribution in [2.45, 2.75) is 19.1 Å². The summed E-state index contributed by atoms with van der Waals surface area (Å²) in [5, 5.41) is 0. The molecule has 2 rings (SSSR count). The van der Waals surface area contributed by atoms with Gasteiger partial charge in [-0.1, -0.05) is 0 Å². The van der Waals surface area contributed by atoms with Gasteiger partial charge < -0.3 is 0 Å². The minimum Gasteiger partial charge on any atom is -0.228 e. The third kappa shape index (κ3) is 1.81.